The first-order valence-corrected chi connectivity index (χ1v) is 10.3. The molecule has 6 nitrogen and oxygen atoms in total. The molecule has 1 aromatic carbocycles. The molecule has 29 heavy (non-hydrogen) atoms. The molecule has 0 radical (unpaired) electrons. The number of nitrogens with zero attached hydrogens (tertiary/aromatic N) is 4. The molecule has 4 rings (SSSR count). The topological polar surface area (TPSA) is 60.3 Å². The molecule has 7 heteroatoms. The summed E-state index contributed by atoms with van der Waals surface area (Å²) >= 11 is 6.74. The number of methoxy groups -OCH3 is 1. The number of aryl methyl sites for hydroxylation is 1. The summed E-state index contributed by atoms with van der Waals surface area (Å²) < 4.78 is 6.97. The average Bonchev–Trinajstić information content (AvgIpc) is 3.05. The summed E-state index contributed by atoms with van der Waals surface area (Å²) in [5.74, 6) is 0.714. The number of benzene rings is 1. The number of hydrogen-bond acceptors (Lipinski definition) is 4. The molecule has 1 aliphatic rings. The minimum atomic E-state index is -0.0549. The molecule has 3 aromatic rings. The molecule has 1 amide bonds. The highest BCUT2D eigenvalue weighted by Crippen LogP contribution is 2.33. The van der Waals surface area contributed by atoms with Gasteiger partial charge in [-0.3, -0.25) is 4.79 Å². The molecule has 0 bridgehead atoms. The molecule has 0 N–H and O–H groups in total. The Bertz CT molecular complexity index is 1050. The number of aromatic nitrogens is 3. The zero-order valence-electron chi connectivity index (χ0n) is 17.1. The third kappa shape index (κ3) is 3.35. The van der Waals surface area contributed by atoms with E-state index in [9.17, 15) is 4.79 Å². The highest BCUT2D eigenvalue weighted by molar-refractivity contribution is 6.38. The molecule has 0 spiro atoms. The van der Waals surface area contributed by atoms with Crippen LogP contribution in [0.1, 0.15) is 49.2 Å². The van der Waals surface area contributed by atoms with Crippen LogP contribution in [0, 0.1) is 6.92 Å². The van der Waals surface area contributed by atoms with Crippen LogP contribution < -0.4 is 4.74 Å². The molecule has 2 atom stereocenters. The van der Waals surface area contributed by atoms with E-state index in [0.717, 1.165) is 36.4 Å². The van der Waals surface area contributed by atoms with Gasteiger partial charge in [-0.1, -0.05) is 11.6 Å². The molecule has 0 unspecified atom stereocenters. The van der Waals surface area contributed by atoms with Crippen LogP contribution in [0.25, 0.3) is 16.7 Å². The van der Waals surface area contributed by atoms with E-state index in [1.165, 1.54) is 0 Å². The summed E-state index contributed by atoms with van der Waals surface area (Å²) in [7, 11) is 1.63. The Balaban J connectivity index is 1.78. The van der Waals surface area contributed by atoms with Gasteiger partial charge >= 0.3 is 0 Å². The van der Waals surface area contributed by atoms with E-state index in [-0.39, 0.29) is 18.0 Å². The highest BCUT2D eigenvalue weighted by Gasteiger charge is 2.32. The summed E-state index contributed by atoms with van der Waals surface area (Å²) in [5.41, 5.74) is 2.67. The number of hydrogen-bond donors (Lipinski definition) is 0. The van der Waals surface area contributed by atoms with E-state index in [1.807, 2.05) is 36.1 Å². The van der Waals surface area contributed by atoms with Gasteiger partial charge in [-0.25, -0.2) is 9.67 Å². The normalized spacial score (nSPS) is 19.6. The zero-order chi connectivity index (χ0) is 20.7. The fraction of sp³-hybridized carbons (Fsp3) is 0.409. The van der Waals surface area contributed by atoms with E-state index in [1.54, 1.807) is 18.0 Å². The van der Waals surface area contributed by atoms with Crippen molar-refractivity contribution in [3.63, 3.8) is 0 Å². The third-order valence-electron chi connectivity index (χ3n) is 5.78. The molecule has 0 saturated carbocycles. The predicted molar refractivity (Wildman–Crippen MR) is 114 cm³/mol. The first-order chi connectivity index (χ1) is 13.9. The smallest absolute Gasteiger partial charge is 0.257 e. The molecular formula is C22H25ClN4O2. The minimum absolute atomic E-state index is 0.0549. The maximum Gasteiger partial charge on any atom is 0.257 e. The van der Waals surface area contributed by atoms with Crippen LogP contribution in [-0.2, 0) is 0 Å². The number of likely N-dealkylation sites (tertiary alicyclic amines) is 1. The van der Waals surface area contributed by atoms with Gasteiger partial charge in [0, 0.05) is 18.3 Å². The van der Waals surface area contributed by atoms with Gasteiger partial charge in [0.2, 0.25) is 0 Å². The maximum atomic E-state index is 13.3. The zero-order valence-corrected chi connectivity index (χ0v) is 17.9. The summed E-state index contributed by atoms with van der Waals surface area (Å²) in [4.78, 5) is 19.8. The molecular weight excluding hydrogens is 388 g/mol. The fourth-order valence-electron chi connectivity index (χ4n) is 4.22. The lowest BCUT2D eigenvalue weighted by atomic mass is 9.96. The van der Waals surface area contributed by atoms with Crippen molar-refractivity contribution in [3.8, 4) is 11.4 Å². The number of piperidine rings is 1. The van der Waals surface area contributed by atoms with E-state index >= 15 is 0 Å². The molecule has 2 aromatic heterocycles. The van der Waals surface area contributed by atoms with Crippen LogP contribution in [-0.4, -0.2) is 44.8 Å². The second kappa shape index (κ2) is 7.67. The van der Waals surface area contributed by atoms with Crippen LogP contribution in [0.15, 0.2) is 30.5 Å². The lowest BCUT2D eigenvalue weighted by molar-refractivity contribution is 0.0510. The number of amides is 1. The van der Waals surface area contributed by atoms with Crippen LogP contribution in [0.4, 0.5) is 0 Å². The van der Waals surface area contributed by atoms with Crippen molar-refractivity contribution < 1.29 is 9.53 Å². The van der Waals surface area contributed by atoms with Gasteiger partial charge in [-0.2, -0.15) is 5.10 Å². The van der Waals surface area contributed by atoms with Crippen LogP contribution in [0.3, 0.4) is 0 Å². The number of carbonyl (C=O) groups is 1. The lowest BCUT2D eigenvalue weighted by Crippen LogP contribution is -2.47. The van der Waals surface area contributed by atoms with E-state index in [4.69, 9.17) is 16.3 Å². The molecule has 1 saturated heterocycles. The monoisotopic (exact) mass is 412 g/mol. The van der Waals surface area contributed by atoms with Gasteiger partial charge in [0.25, 0.3) is 5.91 Å². The predicted octanol–water partition coefficient (Wildman–Crippen LogP) is 4.79. The number of fused-ring (bicyclic) bond motifs is 1. The number of pyridine rings is 1. The fourth-order valence-corrected chi connectivity index (χ4v) is 4.57. The molecule has 1 fully saturated rings. The van der Waals surface area contributed by atoms with Crippen molar-refractivity contribution >= 4 is 28.5 Å². The number of carbonyl (C=O) groups excluding carboxylic acids is 1. The van der Waals surface area contributed by atoms with Crippen molar-refractivity contribution in [2.45, 2.75) is 52.1 Å². The number of ether oxygens (including phenoxy) is 1. The first-order valence-electron chi connectivity index (χ1n) is 9.93. The maximum absolute atomic E-state index is 13.3. The summed E-state index contributed by atoms with van der Waals surface area (Å²) in [6, 6.07) is 7.96. The highest BCUT2D eigenvalue weighted by atomic mass is 35.5. The van der Waals surface area contributed by atoms with E-state index < -0.39 is 0 Å². The molecule has 152 valence electrons. The van der Waals surface area contributed by atoms with Gasteiger partial charge in [0.1, 0.15) is 5.75 Å². The molecule has 0 aliphatic carbocycles. The summed E-state index contributed by atoms with van der Waals surface area (Å²) in [6.45, 7) is 6.08. The summed E-state index contributed by atoms with van der Waals surface area (Å²) in [6.07, 6.45) is 4.75. The Morgan fingerprint density at radius 1 is 1.17 bits per heavy atom. The van der Waals surface area contributed by atoms with Gasteiger partial charge in [0.05, 0.1) is 34.5 Å². The Morgan fingerprint density at radius 3 is 2.45 bits per heavy atom. The SMILES string of the molecule is COc1ccc(-n2nc(C)c3c(Cl)c(C(=O)N4[C@H](C)CCC[C@@H]4C)cnc32)cc1. The van der Waals surface area contributed by atoms with Gasteiger partial charge in [-0.15, -0.1) is 0 Å². The van der Waals surface area contributed by atoms with Gasteiger partial charge in [0.15, 0.2) is 5.65 Å². The van der Waals surface area contributed by atoms with Crippen LogP contribution in [0.5, 0.6) is 5.75 Å². The van der Waals surface area contributed by atoms with Crippen LogP contribution >= 0.6 is 11.6 Å². The Morgan fingerprint density at radius 2 is 1.83 bits per heavy atom. The number of halogens is 1. The third-order valence-corrected chi connectivity index (χ3v) is 6.18. The standard InChI is InChI=1S/C22H25ClN4O2/c1-13-6-5-7-14(2)26(13)22(28)18-12-24-21-19(20(18)23)15(3)25-27(21)16-8-10-17(29-4)11-9-16/h8-14H,5-7H2,1-4H3/t13-,14+. The minimum Gasteiger partial charge on any atom is -0.497 e. The van der Waals surface area contributed by atoms with Crippen molar-refractivity contribution in [1.82, 2.24) is 19.7 Å². The Hall–Kier alpha value is -2.60. The van der Waals surface area contributed by atoms with Crippen molar-refractivity contribution in [3.05, 3.63) is 46.7 Å². The summed E-state index contributed by atoms with van der Waals surface area (Å²) in [5, 5.41) is 5.76. The van der Waals surface area contributed by atoms with Crippen LogP contribution in [0.2, 0.25) is 5.02 Å². The van der Waals surface area contributed by atoms with E-state index in [2.05, 4.69) is 23.9 Å². The van der Waals surface area contributed by atoms with Gasteiger partial charge in [-0.05, 0) is 64.3 Å². The van der Waals surface area contributed by atoms with Crippen molar-refractivity contribution in [1.29, 1.82) is 0 Å². The second-order valence-electron chi connectivity index (χ2n) is 7.72. The lowest BCUT2D eigenvalue weighted by Gasteiger charge is -2.39. The Kier molecular flexibility index (Phi) is 5.21. The molecule has 1 aliphatic heterocycles. The quantitative estimate of drug-likeness (QED) is 0.620. The first kappa shape index (κ1) is 19.7. The molecule has 3 heterocycles. The second-order valence-corrected chi connectivity index (χ2v) is 8.10. The van der Waals surface area contributed by atoms with Crippen molar-refractivity contribution in [2.24, 2.45) is 0 Å². The number of rotatable bonds is 3. The van der Waals surface area contributed by atoms with E-state index in [0.29, 0.717) is 21.6 Å². The largest absolute Gasteiger partial charge is 0.497 e. The average molecular weight is 413 g/mol. The van der Waals surface area contributed by atoms with Crippen molar-refractivity contribution in [2.75, 3.05) is 7.11 Å². The Labute approximate surface area is 175 Å². The van der Waals surface area contributed by atoms with Gasteiger partial charge < -0.3 is 9.64 Å².